The SMILES string of the molecule is Cc1cccc(Nc2ncnc3ccc(NC(=O)c4nc[nH]c4N)cc23)c1. The molecule has 0 aliphatic rings. The fourth-order valence-electron chi connectivity index (χ4n) is 2.77. The predicted octanol–water partition coefficient (Wildman–Crippen LogP) is 3.24. The highest BCUT2D eigenvalue weighted by molar-refractivity contribution is 6.07. The quantitative estimate of drug-likeness (QED) is 0.444. The number of aryl methyl sites for hydroxylation is 1. The minimum Gasteiger partial charge on any atom is -0.383 e. The molecule has 2 aromatic heterocycles. The summed E-state index contributed by atoms with van der Waals surface area (Å²) in [6.07, 6.45) is 2.88. The Morgan fingerprint density at radius 3 is 2.74 bits per heavy atom. The topological polar surface area (TPSA) is 122 Å². The van der Waals surface area contributed by atoms with Gasteiger partial charge in [0.25, 0.3) is 5.91 Å². The Morgan fingerprint density at radius 2 is 1.96 bits per heavy atom. The number of nitrogens with two attached hydrogens (primary N) is 1. The molecule has 4 aromatic rings. The van der Waals surface area contributed by atoms with Crippen LogP contribution in [0.4, 0.5) is 23.0 Å². The van der Waals surface area contributed by atoms with Gasteiger partial charge in [0, 0.05) is 16.8 Å². The summed E-state index contributed by atoms with van der Waals surface area (Å²) in [7, 11) is 0. The Bertz CT molecular complexity index is 1140. The average molecular weight is 359 g/mol. The molecule has 0 unspecified atom stereocenters. The zero-order chi connectivity index (χ0) is 18.8. The van der Waals surface area contributed by atoms with E-state index in [9.17, 15) is 4.79 Å². The van der Waals surface area contributed by atoms with E-state index in [1.165, 1.54) is 12.7 Å². The summed E-state index contributed by atoms with van der Waals surface area (Å²) in [5.74, 6) is 0.484. The third kappa shape index (κ3) is 3.40. The summed E-state index contributed by atoms with van der Waals surface area (Å²) >= 11 is 0. The van der Waals surface area contributed by atoms with E-state index in [0.29, 0.717) is 11.5 Å². The third-order valence-corrected chi connectivity index (χ3v) is 4.06. The van der Waals surface area contributed by atoms with Crippen molar-refractivity contribution in [3.05, 3.63) is 66.4 Å². The third-order valence-electron chi connectivity index (χ3n) is 4.06. The number of aromatic amines is 1. The second kappa shape index (κ2) is 6.75. The number of nitrogen functional groups attached to an aromatic ring is 1. The number of H-pyrrole nitrogens is 1. The summed E-state index contributed by atoms with van der Waals surface area (Å²) in [6, 6.07) is 13.4. The molecule has 0 spiro atoms. The number of amides is 1. The first-order chi connectivity index (χ1) is 13.1. The molecule has 0 aliphatic carbocycles. The largest absolute Gasteiger partial charge is 0.383 e. The number of hydrogen-bond acceptors (Lipinski definition) is 6. The molecule has 0 saturated heterocycles. The van der Waals surface area contributed by atoms with Crippen LogP contribution in [-0.4, -0.2) is 25.8 Å². The van der Waals surface area contributed by atoms with E-state index in [1.807, 2.05) is 43.3 Å². The Kier molecular flexibility index (Phi) is 4.13. The molecule has 2 aromatic carbocycles. The van der Waals surface area contributed by atoms with Crippen LogP contribution in [0.3, 0.4) is 0 Å². The molecule has 27 heavy (non-hydrogen) atoms. The maximum absolute atomic E-state index is 12.3. The van der Waals surface area contributed by atoms with E-state index < -0.39 is 5.91 Å². The normalized spacial score (nSPS) is 10.7. The van der Waals surface area contributed by atoms with Crippen molar-refractivity contribution in [3.63, 3.8) is 0 Å². The van der Waals surface area contributed by atoms with E-state index in [2.05, 4.69) is 30.6 Å². The molecular weight excluding hydrogens is 342 g/mol. The minimum absolute atomic E-state index is 0.150. The summed E-state index contributed by atoms with van der Waals surface area (Å²) in [6.45, 7) is 2.03. The van der Waals surface area contributed by atoms with Crippen molar-refractivity contribution < 1.29 is 4.79 Å². The van der Waals surface area contributed by atoms with Crippen molar-refractivity contribution >= 4 is 39.8 Å². The molecule has 0 fully saturated rings. The van der Waals surface area contributed by atoms with Crippen LogP contribution in [0.2, 0.25) is 0 Å². The number of nitrogens with zero attached hydrogens (tertiary/aromatic N) is 3. The lowest BCUT2D eigenvalue weighted by molar-refractivity contribution is 0.102. The van der Waals surface area contributed by atoms with E-state index >= 15 is 0 Å². The summed E-state index contributed by atoms with van der Waals surface area (Å²) in [5, 5.41) is 6.88. The van der Waals surface area contributed by atoms with Gasteiger partial charge in [-0.25, -0.2) is 15.0 Å². The van der Waals surface area contributed by atoms with Crippen molar-refractivity contribution in [2.24, 2.45) is 0 Å². The maximum Gasteiger partial charge on any atom is 0.278 e. The second-order valence-corrected chi connectivity index (χ2v) is 6.07. The summed E-state index contributed by atoms with van der Waals surface area (Å²) in [4.78, 5) is 27.6. The predicted molar refractivity (Wildman–Crippen MR) is 105 cm³/mol. The molecule has 0 bridgehead atoms. The Labute approximate surface area is 154 Å². The zero-order valence-electron chi connectivity index (χ0n) is 14.5. The van der Waals surface area contributed by atoms with Gasteiger partial charge in [-0.3, -0.25) is 4.79 Å². The number of imidazole rings is 1. The highest BCUT2D eigenvalue weighted by Crippen LogP contribution is 2.26. The average Bonchev–Trinajstić information content (AvgIpc) is 3.08. The number of hydrogen-bond donors (Lipinski definition) is 4. The van der Waals surface area contributed by atoms with Gasteiger partial charge in [0.15, 0.2) is 5.69 Å². The van der Waals surface area contributed by atoms with Crippen molar-refractivity contribution in [1.82, 2.24) is 19.9 Å². The van der Waals surface area contributed by atoms with Crippen LogP contribution < -0.4 is 16.4 Å². The molecule has 0 aliphatic heterocycles. The number of benzene rings is 2. The van der Waals surface area contributed by atoms with Gasteiger partial charge in [-0.15, -0.1) is 0 Å². The van der Waals surface area contributed by atoms with E-state index in [-0.39, 0.29) is 11.5 Å². The summed E-state index contributed by atoms with van der Waals surface area (Å²) < 4.78 is 0. The van der Waals surface area contributed by atoms with Gasteiger partial charge in [0.1, 0.15) is 18.0 Å². The second-order valence-electron chi connectivity index (χ2n) is 6.07. The fraction of sp³-hybridized carbons (Fsp3) is 0.0526. The number of carbonyl (C=O) groups excluding carboxylic acids is 1. The molecule has 0 radical (unpaired) electrons. The molecule has 1 amide bonds. The van der Waals surface area contributed by atoms with Gasteiger partial charge >= 0.3 is 0 Å². The standard InChI is InChI=1S/C19H17N7O/c1-11-3-2-4-12(7-11)25-18-14-8-13(5-6-15(14)21-9-24-18)26-19(27)16-17(20)23-10-22-16/h2-10H,20H2,1H3,(H,22,23)(H,26,27)(H,21,24,25). The van der Waals surface area contributed by atoms with Gasteiger partial charge in [-0.1, -0.05) is 12.1 Å². The van der Waals surface area contributed by atoms with Crippen LogP contribution in [0.5, 0.6) is 0 Å². The molecule has 8 heteroatoms. The lowest BCUT2D eigenvalue weighted by Crippen LogP contribution is -2.14. The Hall–Kier alpha value is -3.94. The van der Waals surface area contributed by atoms with Gasteiger partial charge < -0.3 is 21.4 Å². The molecule has 0 saturated carbocycles. The van der Waals surface area contributed by atoms with Gasteiger partial charge in [-0.05, 0) is 42.8 Å². The molecule has 134 valence electrons. The zero-order valence-corrected chi connectivity index (χ0v) is 14.5. The van der Waals surface area contributed by atoms with Crippen molar-refractivity contribution in [2.75, 3.05) is 16.4 Å². The Balaban J connectivity index is 1.66. The molecule has 2 heterocycles. The van der Waals surface area contributed by atoms with Crippen molar-refractivity contribution in [1.29, 1.82) is 0 Å². The van der Waals surface area contributed by atoms with Crippen LogP contribution in [0.15, 0.2) is 55.1 Å². The number of aromatic nitrogens is 4. The van der Waals surface area contributed by atoms with Crippen LogP contribution in [0, 0.1) is 6.92 Å². The first-order valence-electron chi connectivity index (χ1n) is 8.29. The summed E-state index contributed by atoms with van der Waals surface area (Å²) in [5.41, 5.74) is 9.27. The smallest absolute Gasteiger partial charge is 0.278 e. The Morgan fingerprint density at radius 1 is 1.07 bits per heavy atom. The number of fused-ring (bicyclic) bond motifs is 1. The van der Waals surface area contributed by atoms with Gasteiger partial charge in [0.05, 0.1) is 11.8 Å². The molecular formula is C19H17N7O. The number of anilines is 4. The molecule has 5 N–H and O–H groups in total. The molecule has 0 atom stereocenters. The lowest BCUT2D eigenvalue weighted by atomic mass is 10.2. The highest BCUT2D eigenvalue weighted by atomic mass is 16.1. The fourth-order valence-corrected chi connectivity index (χ4v) is 2.77. The first-order valence-corrected chi connectivity index (χ1v) is 8.29. The van der Waals surface area contributed by atoms with Gasteiger partial charge in [-0.2, -0.15) is 0 Å². The van der Waals surface area contributed by atoms with Crippen molar-refractivity contribution in [3.8, 4) is 0 Å². The molecule has 8 nitrogen and oxygen atoms in total. The maximum atomic E-state index is 12.3. The van der Waals surface area contributed by atoms with Crippen LogP contribution in [0.1, 0.15) is 16.1 Å². The van der Waals surface area contributed by atoms with E-state index in [0.717, 1.165) is 22.2 Å². The van der Waals surface area contributed by atoms with Crippen molar-refractivity contribution in [2.45, 2.75) is 6.92 Å². The van der Waals surface area contributed by atoms with Gasteiger partial charge in [0.2, 0.25) is 0 Å². The number of nitrogens with one attached hydrogen (secondary N) is 3. The van der Waals surface area contributed by atoms with Crippen LogP contribution >= 0.6 is 0 Å². The monoisotopic (exact) mass is 359 g/mol. The minimum atomic E-state index is -0.391. The molecule has 4 rings (SSSR count). The van der Waals surface area contributed by atoms with E-state index in [4.69, 9.17) is 5.73 Å². The lowest BCUT2D eigenvalue weighted by Gasteiger charge is -2.10. The van der Waals surface area contributed by atoms with Crippen LogP contribution in [-0.2, 0) is 0 Å². The van der Waals surface area contributed by atoms with Crippen LogP contribution in [0.25, 0.3) is 10.9 Å². The number of rotatable bonds is 4. The first kappa shape index (κ1) is 16.5. The number of carbonyl (C=O) groups is 1. The van der Waals surface area contributed by atoms with E-state index in [1.54, 1.807) is 6.07 Å². The highest BCUT2D eigenvalue weighted by Gasteiger charge is 2.13.